The molecule has 4 aliphatic carbocycles. The number of ether oxygens (including phenoxy) is 1. The Morgan fingerprint density at radius 2 is 1.21 bits per heavy atom. The molecule has 103 heavy (non-hydrogen) atoms. The average molecular weight is 1470 g/mol. The predicted molar refractivity (Wildman–Crippen MR) is 376 cm³/mol. The van der Waals surface area contributed by atoms with Gasteiger partial charge >= 0.3 is 6.18 Å². The topological polar surface area (TPSA) is 279 Å². The number of halogens is 4. The van der Waals surface area contributed by atoms with E-state index in [-0.39, 0.29) is 94.5 Å². The van der Waals surface area contributed by atoms with E-state index in [1.54, 1.807) is 4.90 Å². The van der Waals surface area contributed by atoms with Gasteiger partial charge in [-0.3, -0.25) is 57.5 Å². The number of hydrogen-bond acceptors (Lipinski definition) is 13. The van der Waals surface area contributed by atoms with Crippen LogP contribution in [0.2, 0.25) is 5.02 Å². The maximum absolute atomic E-state index is 16.0. The van der Waals surface area contributed by atoms with Crippen LogP contribution in [-0.4, -0.2) is 264 Å². The number of carbonyl (C=O) groups excluding carboxylic acids is 12. The van der Waals surface area contributed by atoms with Gasteiger partial charge in [-0.1, -0.05) is 102 Å². The number of aryl methyl sites for hydroxylation is 1. The number of nitrogens with zero attached hydrogens (tertiary/aromatic N) is 9. The lowest BCUT2D eigenvalue weighted by Crippen LogP contribution is -2.65. The number of rotatable bonds is 10. The first kappa shape index (κ1) is 80.0. The molecule has 3 N–H and O–H groups in total. The highest BCUT2D eigenvalue weighted by atomic mass is 35.5. The van der Waals surface area contributed by atoms with Crippen LogP contribution in [0.15, 0.2) is 18.2 Å². The number of nitrogens with one attached hydrogen (secondary N) is 3. The fourth-order valence-electron chi connectivity index (χ4n) is 17.2. The normalized spacial score (nSPS) is 28.9. The first-order valence-corrected chi connectivity index (χ1v) is 37.9. The zero-order valence-corrected chi connectivity index (χ0v) is 62.5. The molecule has 4 saturated heterocycles. The van der Waals surface area contributed by atoms with Gasteiger partial charge in [0.2, 0.25) is 70.9 Å². The van der Waals surface area contributed by atoms with Crippen LogP contribution in [0.5, 0.6) is 0 Å². The molecule has 4 aliphatic heterocycles. The third-order valence-corrected chi connectivity index (χ3v) is 23.9. The minimum absolute atomic E-state index is 0.0212. The van der Waals surface area contributed by atoms with Crippen LogP contribution in [0.1, 0.15) is 185 Å². The van der Waals surface area contributed by atoms with Gasteiger partial charge in [-0.15, -0.1) is 0 Å². The van der Waals surface area contributed by atoms with Gasteiger partial charge in [-0.25, -0.2) is 0 Å². The van der Waals surface area contributed by atoms with E-state index in [0.717, 1.165) is 79.7 Å². The highest BCUT2D eigenvalue weighted by Gasteiger charge is 2.53. The minimum Gasteiger partial charge on any atom is -0.377 e. The smallest absolute Gasteiger partial charge is 0.377 e. The predicted octanol–water partition coefficient (Wildman–Crippen LogP) is 5.55. The quantitative estimate of drug-likeness (QED) is 0.259. The van der Waals surface area contributed by atoms with Crippen molar-refractivity contribution in [3.63, 3.8) is 0 Å². The fourth-order valence-corrected chi connectivity index (χ4v) is 17.5. The highest BCUT2D eigenvalue weighted by Crippen LogP contribution is 2.40. The molecule has 25 nitrogen and oxygen atoms in total. The van der Waals surface area contributed by atoms with Gasteiger partial charge in [0.25, 0.3) is 0 Å². The number of likely N-dealkylation sites (N-methyl/N-ethyl adjacent to an activating group) is 7. The Balaban J connectivity index is 1.08. The van der Waals surface area contributed by atoms with E-state index < -0.39 is 167 Å². The molecule has 8 aliphatic rings. The lowest BCUT2D eigenvalue weighted by Gasteiger charge is -2.44. The van der Waals surface area contributed by atoms with Gasteiger partial charge < -0.3 is 64.8 Å². The monoisotopic (exact) mass is 1470 g/mol. The molecule has 4 heterocycles. The lowest BCUT2D eigenvalue weighted by molar-refractivity contribution is -0.159. The van der Waals surface area contributed by atoms with Crippen LogP contribution in [-0.2, 0) is 74.9 Å². The molecular weight excluding hydrogens is 1360 g/mol. The van der Waals surface area contributed by atoms with Crippen LogP contribution in [0.3, 0.4) is 0 Å². The van der Waals surface area contributed by atoms with Crippen molar-refractivity contribution in [2.75, 3.05) is 88.7 Å². The number of amides is 12. The molecule has 1 aromatic carbocycles. The zero-order chi connectivity index (χ0) is 74.9. The van der Waals surface area contributed by atoms with Crippen LogP contribution in [0, 0.1) is 23.7 Å². The molecule has 8 fully saturated rings. The van der Waals surface area contributed by atoms with Crippen molar-refractivity contribution in [3.05, 3.63) is 34.3 Å². The minimum atomic E-state index is -4.76. The van der Waals surface area contributed by atoms with Crippen LogP contribution < -0.4 is 16.0 Å². The first-order valence-electron chi connectivity index (χ1n) is 37.6. The van der Waals surface area contributed by atoms with E-state index in [9.17, 15) is 41.9 Å². The molecule has 2 unspecified atom stereocenters. The number of alkyl halides is 3. The molecule has 1 aromatic rings. The van der Waals surface area contributed by atoms with Crippen LogP contribution in [0.4, 0.5) is 13.2 Å². The number of benzene rings is 1. The molecule has 2 bridgehead atoms. The SMILES string of the molecule is CC(C)C[C@H]1C(=O)N[C@@H](C2CCC2)C(=O)N(C)CC(=O)N(C)CC(=O)N(C)[C@@H](CC2CCCCC2)C(=O)N(C)CC(=O)N[C@@H](CCc2ccc(C(F)(F)F)c(Cl)c2)C(=O)N2CCC[C@H]2C(=O)NC2(CCCC2)C(=O)N(C)[C@@H](C2CCCCC2)C(=O)N(C)[C@H](C(=O)N2C3CCC2COC3)CC(=O)N1C. The summed E-state index contributed by atoms with van der Waals surface area (Å²) in [6.45, 7) is 2.65. The first-order chi connectivity index (χ1) is 48.8. The van der Waals surface area contributed by atoms with Crippen molar-refractivity contribution < 1.29 is 75.4 Å². The summed E-state index contributed by atoms with van der Waals surface area (Å²) < 4.78 is 47.6. The van der Waals surface area contributed by atoms with E-state index in [4.69, 9.17) is 16.3 Å². The maximum atomic E-state index is 16.0. The standard InChI is InChI=1S/C74H110ClF3N12O13/c1-45(2)36-56-65(95)80-63(48-24-18-25-48)70(100)84(5)41-61(93)82(3)42-62(94)86(7)57(38-46-20-12-10-13-21-46)68(98)83(4)40-59(91)79-54(32-28-47-27-31-52(53(75)37-47)74(76,77)78)67(97)89-35-19-26-55(89)66(96)81-73(33-16-17-34-73)72(102)88(9)64(49-22-14-11-15-23-49)71(101)87(8)58(39-60(92)85(56)6)69(99)90-50-29-30-51(90)44-103-43-50/h27,31,37,45-46,48-51,54-58,63-64H,10-26,28-30,32-36,38-44H2,1-9H3,(H,79,91)(H,80,95)(H,81,96)/t50?,51?,54-,55-,56-,57-,58-,63-,64-/m0/s1. The van der Waals surface area contributed by atoms with Crippen molar-refractivity contribution in [3.8, 4) is 0 Å². The van der Waals surface area contributed by atoms with E-state index in [1.165, 1.54) is 84.8 Å². The van der Waals surface area contributed by atoms with E-state index in [2.05, 4.69) is 16.0 Å². The summed E-state index contributed by atoms with van der Waals surface area (Å²) in [6, 6.07) is -6.17. The summed E-state index contributed by atoms with van der Waals surface area (Å²) in [7, 11) is 10.1. The Labute approximate surface area is 609 Å². The molecule has 4 saturated carbocycles. The molecule has 29 heteroatoms. The largest absolute Gasteiger partial charge is 0.417 e. The summed E-state index contributed by atoms with van der Waals surface area (Å²) in [5.74, 6) is -8.46. The van der Waals surface area contributed by atoms with Crippen molar-refractivity contribution >= 4 is 82.5 Å². The van der Waals surface area contributed by atoms with E-state index in [1.807, 2.05) is 13.8 Å². The Morgan fingerprint density at radius 1 is 0.612 bits per heavy atom. The Bertz CT molecular complexity index is 3270. The van der Waals surface area contributed by atoms with Crippen LogP contribution >= 0.6 is 11.6 Å². The summed E-state index contributed by atoms with van der Waals surface area (Å²) in [4.78, 5) is 193. The second-order valence-corrected chi connectivity index (χ2v) is 31.7. The molecule has 572 valence electrons. The maximum Gasteiger partial charge on any atom is 0.417 e. The number of hydrogen-bond donors (Lipinski definition) is 3. The van der Waals surface area contributed by atoms with Crippen molar-refractivity contribution in [1.29, 1.82) is 0 Å². The average Bonchev–Trinajstić information content (AvgIpc) is 1.75. The Hall–Kier alpha value is -7.10. The molecule has 0 radical (unpaired) electrons. The molecular formula is C74H110ClF3N12O13. The van der Waals surface area contributed by atoms with Gasteiger partial charge in [0.15, 0.2) is 0 Å². The molecule has 9 rings (SSSR count). The summed E-state index contributed by atoms with van der Waals surface area (Å²) in [6.07, 6.45) is 7.60. The van der Waals surface area contributed by atoms with Gasteiger partial charge in [-0.2, -0.15) is 13.2 Å². The highest BCUT2D eigenvalue weighted by molar-refractivity contribution is 6.31. The van der Waals surface area contributed by atoms with Gasteiger partial charge in [0, 0.05) is 55.9 Å². The third kappa shape index (κ3) is 18.9. The van der Waals surface area contributed by atoms with E-state index in [0.29, 0.717) is 63.4 Å². The van der Waals surface area contributed by atoms with Gasteiger partial charge in [-0.05, 0) is 131 Å². The summed E-state index contributed by atoms with van der Waals surface area (Å²) in [5, 5.41) is 8.27. The zero-order valence-electron chi connectivity index (χ0n) is 61.7. The van der Waals surface area contributed by atoms with Crippen molar-refractivity contribution in [2.24, 2.45) is 23.7 Å². The second kappa shape index (κ2) is 34.9. The van der Waals surface area contributed by atoms with Gasteiger partial charge in [0.1, 0.15) is 47.8 Å². The fraction of sp³-hybridized carbons (Fsp3) is 0.757. The molecule has 1 spiro atoms. The van der Waals surface area contributed by atoms with Crippen molar-refractivity contribution in [1.82, 2.24) is 60.0 Å². The van der Waals surface area contributed by atoms with E-state index >= 15 is 28.8 Å². The van der Waals surface area contributed by atoms with Crippen molar-refractivity contribution in [2.45, 2.75) is 247 Å². The third-order valence-electron chi connectivity index (χ3n) is 23.6. The Morgan fingerprint density at radius 3 is 1.82 bits per heavy atom. The van der Waals surface area contributed by atoms with Crippen LogP contribution in [0.25, 0.3) is 0 Å². The molecule has 0 aromatic heterocycles. The number of morpholine rings is 1. The molecule has 12 amide bonds. The number of carbonyl (C=O) groups is 12. The summed E-state index contributed by atoms with van der Waals surface area (Å²) >= 11 is 6.17. The number of fused-ring (bicyclic) bond motifs is 3. The lowest BCUT2D eigenvalue weighted by atomic mass is 9.79. The van der Waals surface area contributed by atoms with Gasteiger partial charge in [0.05, 0.1) is 61.9 Å². The summed E-state index contributed by atoms with van der Waals surface area (Å²) in [5.41, 5.74) is -2.35. The molecule has 9 atom stereocenters. The Kier molecular flexibility index (Phi) is 27.1. The second-order valence-electron chi connectivity index (χ2n) is 31.3.